The van der Waals surface area contributed by atoms with E-state index in [1.54, 1.807) is 23.1 Å². The Hall–Kier alpha value is -2.29. The molecule has 0 atom stereocenters. The molecule has 3 aromatic heterocycles. The van der Waals surface area contributed by atoms with Gasteiger partial charge >= 0.3 is 0 Å². The van der Waals surface area contributed by atoms with E-state index in [9.17, 15) is 0 Å². The van der Waals surface area contributed by atoms with Gasteiger partial charge in [-0.3, -0.25) is 0 Å². The van der Waals surface area contributed by atoms with Crippen molar-refractivity contribution in [3.63, 3.8) is 0 Å². The molecule has 0 N–H and O–H groups in total. The van der Waals surface area contributed by atoms with Crippen LogP contribution in [0.2, 0.25) is 0 Å². The molecule has 5 aromatic rings. The lowest BCUT2D eigenvalue weighted by molar-refractivity contribution is 0.656. The normalized spacial score (nSPS) is 11.8. The van der Waals surface area contributed by atoms with Crippen molar-refractivity contribution < 1.29 is 0 Å². The summed E-state index contributed by atoms with van der Waals surface area (Å²) in [5.41, 5.74) is 4.11. The third-order valence-corrected chi connectivity index (χ3v) is 7.24. The SMILES string of the molecule is CCCCn1c2ccccc2c2nnc(SCn3c(=S)sc4ccccc43)nc21. The molecular weight excluding hydrogens is 418 g/mol. The molecule has 3 heterocycles. The van der Waals surface area contributed by atoms with Crippen LogP contribution >= 0.6 is 35.3 Å². The summed E-state index contributed by atoms with van der Waals surface area (Å²) in [4.78, 5) is 4.88. The molecule has 5 rings (SSSR count). The molecule has 5 nitrogen and oxygen atoms in total. The molecular formula is C21H19N5S3. The van der Waals surface area contributed by atoms with Gasteiger partial charge in [0, 0.05) is 11.9 Å². The number of fused-ring (bicyclic) bond motifs is 4. The highest BCUT2D eigenvalue weighted by molar-refractivity contribution is 7.98. The Balaban J connectivity index is 1.53. The minimum absolute atomic E-state index is 0.672. The number of thioether (sulfide) groups is 1. The molecule has 0 aliphatic rings. The van der Waals surface area contributed by atoms with Gasteiger partial charge in [-0.05, 0) is 36.8 Å². The molecule has 0 amide bonds. The molecule has 29 heavy (non-hydrogen) atoms. The molecule has 0 saturated carbocycles. The summed E-state index contributed by atoms with van der Waals surface area (Å²) in [6.45, 7) is 3.14. The monoisotopic (exact) mass is 437 g/mol. The van der Waals surface area contributed by atoms with Crippen LogP contribution in [0.1, 0.15) is 19.8 Å². The average Bonchev–Trinajstić information content (AvgIpc) is 3.24. The Labute approximate surface area is 181 Å². The van der Waals surface area contributed by atoms with Gasteiger partial charge in [-0.15, -0.1) is 21.5 Å². The summed E-state index contributed by atoms with van der Waals surface area (Å²) in [7, 11) is 0. The van der Waals surface area contributed by atoms with E-state index >= 15 is 0 Å². The molecule has 0 spiro atoms. The third-order valence-electron chi connectivity index (χ3n) is 4.99. The van der Waals surface area contributed by atoms with Crippen LogP contribution in [0.3, 0.4) is 0 Å². The van der Waals surface area contributed by atoms with Crippen molar-refractivity contribution in [3.8, 4) is 0 Å². The number of benzene rings is 2. The maximum Gasteiger partial charge on any atom is 0.212 e. The van der Waals surface area contributed by atoms with Gasteiger partial charge in [0.2, 0.25) is 5.16 Å². The quantitative estimate of drug-likeness (QED) is 0.231. The van der Waals surface area contributed by atoms with E-state index in [1.165, 1.54) is 10.2 Å². The molecule has 8 heteroatoms. The van der Waals surface area contributed by atoms with Crippen LogP contribution in [0.15, 0.2) is 53.7 Å². The van der Waals surface area contributed by atoms with Crippen LogP contribution in [-0.2, 0) is 12.4 Å². The second-order valence-corrected chi connectivity index (χ2v) is 9.41. The molecule has 0 saturated heterocycles. The summed E-state index contributed by atoms with van der Waals surface area (Å²) in [5, 5.41) is 10.7. The van der Waals surface area contributed by atoms with Gasteiger partial charge in [0.1, 0.15) is 5.52 Å². The first-order valence-electron chi connectivity index (χ1n) is 9.59. The predicted molar refractivity (Wildman–Crippen MR) is 124 cm³/mol. The number of thiazole rings is 1. The van der Waals surface area contributed by atoms with Crippen LogP contribution in [0.25, 0.3) is 32.3 Å². The molecule has 0 radical (unpaired) electrons. The van der Waals surface area contributed by atoms with Crippen LogP contribution in [-0.4, -0.2) is 24.3 Å². The van der Waals surface area contributed by atoms with Gasteiger partial charge < -0.3 is 9.13 Å². The largest absolute Gasteiger partial charge is 0.324 e. The van der Waals surface area contributed by atoms with Gasteiger partial charge in [0.25, 0.3) is 0 Å². The second kappa shape index (κ2) is 7.85. The molecule has 0 aliphatic heterocycles. The number of aromatic nitrogens is 5. The fourth-order valence-electron chi connectivity index (χ4n) is 3.55. The zero-order valence-corrected chi connectivity index (χ0v) is 18.4. The lowest BCUT2D eigenvalue weighted by Crippen LogP contribution is -2.01. The van der Waals surface area contributed by atoms with Gasteiger partial charge in [-0.1, -0.05) is 55.4 Å². The second-order valence-electron chi connectivity index (χ2n) is 6.83. The first-order valence-corrected chi connectivity index (χ1v) is 11.8. The Morgan fingerprint density at radius 3 is 2.66 bits per heavy atom. The van der Waals surface area contributed by atoms with E-state index in [4.69, 9.17) is 17.2 Å². The average molecular weight is 438 g/mol. The Morgan fingerprint density at radius 1 is 1.00 bits per heavy atom. The van der Waals surface area contributed by atoms with Crippen molar-refractivity contribution in [2.45, 2.75) is 37.3 Å². The topological polar surface area (TPSA) is 48.5 Å². The number of para-hydroxylation sites is 2. The molecule has 0 unspecified atom stereocenters. The maximum atomic E-state index is 5.57. The fourth-order valence-corrected chi connectivity index (χ4v) is 5.80. The van der Waals surface area contributed by atoms with Crippen LogP contribution in [0.5, 0.6) is 0 Å². The van der Waals surface area contributed by atoms with E-state index < -0.39 is 0 Å². The van der Waals surface area contributed by atoms with Gasteiger partial charge in [0.05, 0.1) is 21.6 Å². The van der Waals surface area contributed by atoms with Crippen LogP contribution in [0.4, 0.5) is 0 Å². The summed E-state index contributed by atoms with van der Waals surface area (Å²) >= 11 is 8.77. The molecule has 0 aliphatic carbocycles. The zero-order chi connectivity index (χ0) is 19.8. The number of unbranched alkanes of at least 4 members (excludes halogenated alkanes) is 1. The van der Waals surface area contributed by atoms with Crippen molar-refractivity contribution in [1.29, 1.82) is 0 Å². The highest BCUT2D eigenvalue weighted by Gasteiger charge is 2.15. The lowest BCUT2D eigenvalue weighted by Gasteiger charge is -2.06. The lowest BCUT2D eigenvalue weighted by atomic mass is 10.2. The van der Waals surface area contributed by atoms with E-state index in [0.717, 1.165) is 45.4 Å². The van der Waals surface area contributed by atoms with Crippen molar-refractivity contribution in [2.24, 2.45) is 0 Å². The molecule has 0 bridgehead atoms. The number of hydrogen-bond acceptors (Lipinski definition) is 6. The highest BCUT2D eigenvalue weighted by Crippen LogP contribution is 2.29. The minimum atomic E-state index is 0.672. The predicted octanol–water partition coefficient (Wildman–Crippen LogP) is 6.28. The molecule has 146 valence electrons. The van der Waals surface area contributed by atoms with Crippen molar-refractivity contribution in [2.75, 3.05) is 0 Å². The first kappa shape index (κ1) is 18.7. The third kappa shape index (κ3) is 3.35. The highest BCUT2D eigenvalue weighted by atomic mass is 32.2. The number of rotatable bonds is 6. The van der Waals surface area contributed by atoms with E-state index in [0.29, 0.717) is 11.0 Å². The Kier molecular flexibility index (Phi) is 5.07. The number of aryl methyl sites for hydroxylation is 1. The van der Waals surface area contributed by atoms with Gasteiger partial charge in [-0.2, -0.15) is 0 Å². The minimum Gasteiger partial charge on any atom is -0.324 e. The van der Waals surface area contributed by atoms with E-state index in [-0.39, 0.29) is 0 Å². The van der Waals surface area contributed by atoms with Gasteiger partial charge in [-0.25, -0.2) is 4.98 Å². The molecule has 0 fully saturated rings. The molecule has 2 aromatic carbocycles. The van der Waals surface area contributed by atoms with Gasteiger partial charge in [0.15, 0.2) is 9.60 Å². The Bertz CT molecular complexity index is 1380. The summed E-state index contributed by atoms with van der Waals surface area (Å²) in [5.74, 6) is 0.672. The van der Waals surface area contributed by atoms with Crippen molar-refractivity contribution in [1.82, 2.24) is 24.3 Å². The first-order chi connectivity index (χ1) is 14.3. The van der Waals surface area contributed by atoms with Crippen molar-refractivity contribution >= 4 is 67.6 Å². The van der Waals surface area contributed by atoms with E-state index in [1.807, 2.05) is 18.2 Å². The number of hydrogen-bond donors (Lipinski definition) is 0. The Morgan fingerprint density at radius 2 is 1.79 bits per heavy atom. The fraction of sp³-hybridized carbons (Fsp3) is 0.238. The zero-order valence-electron chi connectivity index (χ0n) is 15.9. The summed E-state index contributed by atoms with van der Waals surface area (Å²) in [6.07, 6.45) is 2.24. The maximum absolute atomic E-state index is 5.57. The summed E-state index contributed by atoms with van der Waals surface area (Å²) in [6, 6.07) is 16.6. The van der Waals surface area contributed by atoms with Crippen molar-refractivity contribution in [3.05, 3.63) is 52.5 Å². The number of nitrogens with zero attached hydrogens (tertiary/aromatic N) is 5. The van der Waals surface area contributed by atoms with Crippen LogP contribution < -0.4 is 0 Å². The van der Waals surface area contributed by atoms with E-state index in [2.05, 4.69) is 56.6 Å². The standard InChI is InChI=1S/C21H19N5S3/c1-2-3-12-25-15-9-5-4-8-14(15)18-19(25)22-20(24-23-18)28-13-26-16-10-6-7-11-17(16)29-21(26)27/h4-11H,2-3,12-13H2,1H3. The summed E-state index contributed by atoms with van der Waals surface area (Å²) < 4.78 is 6.48. The van der Waals surface area contributed by atoms with Crippen LogP contribution in [0, 0.1) is 3.95 Å². The smallest absolute Gasteiger partial charge is 0.212 e.